The molecular weight excluding hydrogens is 361 g/mol. The first-order chi connectivity index (χ1) is 13.7. The summed E-state index contributed by atoms with van der Waals surface area (Å²) in [7, 11) is 0. The maximum absolute atomic E-state index is 13.4. The fraction of sp³-hybridized carbons (Fsp3) is 0.286. The Morgan fingerprint density at radius 1 is 1.00 bits per heavy atom. The quantitative estimate of drug-likeness (QED) is 0.758. The summed E-state index contributed by atoms with van der Waals surface area (Å²) in [4.78, 5) is 20.0. The minimum absolute atomic E-state index is 0.0423. The summed E-state index contributed by atoms with van der Waals surface area (Å²) in [6, 6.07) is 12.3. The zero-order valence-corrected chi connectivity index (χ0v) is 15.3. The van der Waals surface area contributed by atoms with Gasteiger partial charge in [0.05, 0.1) is 0 Å². The average Bonchev–Trinajstić information content (AvgIpc) is 3.34. The Morgan fingerprint density at radius 3 is 2.68 bits per heavy atom. The van der Waals surface area contributed by atoms with Gasteiger partial charge in [-0.15, -0.1) is 0 Å². The molecule has 1 saturated heterocycles. The van der Waals surface area contributed by atoms with E-state index in [0.29, 0.717) is 24.3 Å². The Morgan fingerprint density at radius 2 is 1.82 bits per heavy atom. The number of benzene rings is 2. The zero-order valence-electron chi connectivity index (χ0n) is 15.3. The number of ether oxygens (including phenoxy) is 2. The molecule has 1 N–H and O–H groups in total. The van der Waals surface area contributed by atoms with E-state index in [9.17, 15) is 9.18 Å². The van der Waals surface area contributed by atoms with Crippen LogP contribution in [0.3, 0.4) is 0 Å². The van der Waals surface area contributed by atoms with Crippen LogP contribution in [0.4, 0.5) is 4.39 Å². The highest BCUT2D eigenvalue weighted by molar-refractivity contribution is 5.98. The van der Waals surface area contributed by atoms with E-state index in [0.717, 1.165) is 36.5 Å². The molecule has 0 atom stereocenters. The van der Waals surface area contributed by atoms with E-state index in [1.807, 2.05) is 17.0 Å². The van der Waals surface area contributed by atoms with Crippen molar-refractivity contribution in [3.8, 4) is 11.5 Å². The average molecular weight is 381 g/mol. The van der Waals surface area contributed by atoms with E-state index in [4.69, 9.17) is 9.47 Å². The van der Waals surface area contributed by atoms with Crippen LogP contribution < -0.4 is 9.47 Å². The second kappa shape index (κ2) is 6.83. The molecule has 0 spiro atoms. The van der Waals surface area contributed by atoms with Gasteiger partial charge < -0.3 is 19.4 Å². The van der Waals surface area contributed by atoms with Crippen LogP contribution in [0.5, 0.6) is 11.5 Å². The maximum atomic E-state index is 13.4. The Kier molecular flexibility index (Phi) is 4.16. The minimum atomic E-state index is -0.314. The predicted octanol–water partition coefficient (Wildman–Crippen LogP) is 2.99. The summed E-state index contributed by atoms with van der Waals surface area (Å²) in [5.41, 5.74) is 2.32. The van der Waals surface area contributed by atoms with Crippen LogP contribution in [0.15, 0.2) is 42.5 Å². The van der Waals surface area contributed by atoms with Crippen LogP contribution >= 0.6 is 0 Å². The molecule has 0 radical (unpaired) electrons. The predicted molar refractivity (Wildman–Crippen MR) is 102 cm³/mol. The molecule has 3 heterocycles. The fourth-order valence-electron chi connectivity index (χ4n) is 3.79. The molecule has 1 aromatic heterocycles. The molecule has 2 aliphatic heterocycles. The van der Waals surface area contributed by atoms with Crippen LogP contribution in [0.25, 0.3) is 10.9 Å². The van der Waals surface area contributed by atoms with Gasteiger partial charge in [-0.2, -0.15) is 0 Å². The normalized spacial score (nSPS) is 16.7. The number of piperazine rings is 1. The maximum Gasteiger partial charge on any atom is 0.270 e. The number of aromatic amines is 1. The Hall–Kier alpha value is -3.06. The van der Waals surface area contributed by atoms with E-state index in [1.165, 1.54) is 17.7 Å². The van der Waals surface area contributed by atoms with Gasteiger partial charge in [-0.05, 0) is 42.0 Å². The van der Waals surface area contributed by atoms with Crippen molar-refractivity contribution in [3.63, 3.8) is 0 Å². The molecule has 2 aromatic carbocycles. The number of carbonyl (C=O) groups is 1. The number of hydrogen-bond acceptors (Lipinski definition) is 4. The first kappa shape index (κ1) is 17.1. The van der Waals surface area contributed by atoms with Crippen LogP contribution in [0.1, 0.15) is 16.1 Å². The number of rotatable bonds is 3. The standard InChI is InChI=1S/C21H20FN3O3/c22-16-3-2-15-10-18(23-17(15)11-16)21(26)25-7-5-24(6-8-25)12-14-1-4-19-20(9-14)28-13-27-19/h1-4,9-11,23H,5-8,12-13H2. The summed E-state index contributed by atoms with van der Waals surface area (Å²) in [5.74, 6) is 1.23. The number of aromatic nitrogens is 1. The van der Waals surface area contributed by atoms with E-state index in [2.05, 4.69) is 16.0 Å². The number of nitrogens with zero attached hydrogens (tertiary/aromatic N) is 2. The van der Waals surface area contributed by atoms with Crippen LogP contribution in [-0.2, 0) is 6.54 Å². The van der Waals surface area contributed by atoms with Crippen molar-refractivity contribution in [2.24, 2.45) is 0 Å². The van der Waals surface area contributed by atoms with E-state index >= 15 is 0 Å². The Balaban J connectivity index is 1.22. The highest BCUT2D eigenvalue weighted by atomic mass is 19.1. The van der Waals surface area contributed by atoms with Gasteiger partial charge in [0.1, 0.15) is 11.5 Å². The molecule has 28 heavy (non-hydrogen) atoms. The van der Waals surface area contributed by atoms with Gasteiger partial charge in [-0.25, -0.2) is 4.39 Å². The Bertz CT molecular complexity index is 1040. The second-order valence-electron chi connectivity index (χ2n) is 7.17. The number of nitrogens with one attached hydrogen (secondary N) is 1. The van der Waals surface area contributed by atoms with Gasteiger partial charge in [-0.1, -0.05) is 6.07 Å². The van der Waals surface area contributed by atoms with E-state index in [-0.39, 0.29) is 18.5 Å². The molecule has 3 aromatic rings. The van der Waals surface area contributed by atoms with Crippen LogP contribution in [0, 0.1) is 5.82 Å². The lowest BCUT2D eigenvalue weighted by Gasteiger charge is -2.34. The van der Waals surface area contributed by atoms with Gasteiger partial charge in [0.2, 0.25) is 6.79 Å². The first-order valence-electron chi connectivity index (χ1n) is 9.34. The summed E-state index contributed by atoms with van der Waals surface area (Å²) >= 11 is 0. The molecule has 6 nitrogen and oxygen atoms in total. The third-order valence-corrected chi connectivity index (χ3v) is 5.32. The first-order valence-corrected chi connectivity index (χ1v) is 9.34. The van der Waals surface area contributed by atoms with Crippen molar-refractivity contribution in [3.05, 3.63) is 59.5 Å². The number of amides is 1. The van der Waals surface area contributed by atoms with Gasteiger partial charge in [0.25, 0.3) is 5.91 Å². The largest absolute Gasteiger partial charge is 0.454 e. The summed E-state index contributed by atoms with van der Waals surface area (Å²) in [6.45, 7) is 4.01. The highest BCUT2D eigenvalue weighted by Crippen LogP contribution is 2.32. The van der Waals surface area contributed by atoms with Crippen molar-refractivity contribution in [1.82, 2.24) is 14.8 Å². The number of fused-ring (bicyclic) bond motifs is 2. The topological polar surface area (TPSA) is 57.8 Å². The molecular formula is C21H20FN3O3. The molecule has 0 saturated carbocycles. The molecule has 7 heteroatoms. The lowest BCUT2D eigenvalue weighted by atomic mass is 10.1. The molecule has 0 bridgehead atoms. The third kappa shape index (κ3) is 3.18. The zero-order chi connectivity index (χ0) is 19.1. The van der Waals surface area contributed by atoms with Gasteiger partial charge in [0.15, 0.2) is 11.5 Å². The molecule has 0 unspecified atom stereocenters. The monoisotopic (exact) mass is 381 g/mol. The van der Waals surface area contributed by atoms with Gasteiger partial charge in [0, 0.05) is 43.6 Å². The summed E-state index contributed by atoms with van der Waals surface area (Å²) in [6.07, 6.45) is 0. The van der Waals surface area contributed by atoms with Gasteiger partial charge >= 0.3 is 0 Å². The van der Waals surface area contributed by atoms with Gasteiger partial charge in [-0.3, -0.25) is 9.69 Å². The minimum Gasteiger partial charge on any atom is -0.454 e. The molecule has 1 fully saturated rings. The van der Waals surface area contributed by atoms with Crippen LogP contribution in [-0.4, -0.2) is 53.7 Å². The summed E-state index contributed by atoms with van der Waals surface area (Å²) in [5, 5.41) is 0.839. The highest BCUT2D eigenvalue weighted by Gasteiger charge is 2.24. The number of halogens is 1. The second-order valence-corrected chi connectivity index (χ2v) is 7.17. The molecule has 5 rings (SSSR count). The lowest BCUT2D eigenvalue weighted by Crippen LogP contribution is -2.48. The lowest BCUT2D eigenvalue weighted by molar-refractivity contribution is 0.0623. The number of hydrogen-bond donors (Lipinski definition) is 1. The van der Waals surface area contributed by atoms with Crippen molar-refractivity contribution in [2.45, 2.75) is 6.54 Å². The van der Waals surface area contributed by atoms with Crippen molar-refractivity contribution >= 4 is 16.8 Å². The van der Waals surface area contributed by atoms with Crippen molar-refractivity contribution in [2.75, 3.05) is 33.0 Å². The number of carbonyl (C=O) groups excluding carboxylic acids is 1. The molecule has 2 aliphatic rings. The smallest absolute Gasteiger partial charge is 0.270 e. The van der Waals surface area contributed by atoms with Crippen LogP contribution in [0.2, 0.25) is 0 Å². The summed E-state index contributed by atoms with van der Waals surface area (Å²) < 4.78 is 24.1. The molecule has 0 aliphatic carbocycles. The van der Waals surface area contributed by atoms with E-state index in [1.54, 1.807) is 12.1 Å². The Labute approximate surface area is 161 Å². The molecule has 1 amide bonds. The van der Waals surface area contributed by atoms with Crippen molar-refractivity contribution < 1.29 is 18.7 Å². The fourth-order valence-corrected chi connectivity index (χ4v) is 3.79. The SMILES string of the molecule is O=C(c1cc2ccc(F)cc2[nH]1)N1CCN(Cc2ccc3c(c2)OCO3)CC1. The van der Waals surface area contributed by atoms with Crippen molar-refractivity contribution in [1.29, 1.82) is 0 Å². The van der Waals surface area contributed by atoms with E-state index < -0.39 is 0 Å². The molecule has 144 valence electrons. The third-order valence-electron chi connectivity index (χ3n) is 5.32. The number of H-pyrrole nitrogens is 1.